The van der Waals surface area contributed by atoms with Crippen LogP contribution in [0.3, 0.4) is 0 Å². The predicted molar refractivity (Wildman–Crippen MR) is 108 cm³/mol. The Kier molecular flexibility index (Phi) is 6.76. The third-order valence-corrected chi connectivity index (χ3v) is 5.04. The summed E-state index contributed by atoms with van der Waals surface area (Å²) in [6.07, 6.45) is 0.477. The second kappa shape index (κ2) is 8.48. The van der Waals surface area contributed by atoms with Crippen LogP contribution in [-0.2, 0) is 9.53 Å². The van der Waals surface area contributed by atoms with Crippen molar-refractivity contribution in [1.82, 2.24) is 9.80 Å². The number of hydrogen-bond donors (Lipinski definition) is 1. The van der Waals surface area contributed by atoms with Gasteiger partial charge in [-0.1, -0.05) is 17.7 Å². The molecule has 1 aliphatic rings. The van der Waals surface area contributed by atoms with Crippen molar-refractivity contribution in [2.75, 3.05) is 25.5 Å². The van der Waals surface area contributed by atoms with E-state index >= 15 is 0 Å². The molecule has 1 aliphatic heterocycles. The molecule has 1 aromatic rings. The SMILES string of the molecule is Cc1ccc(Cl)cc1NC(=O)[C@@H](C)N1CC[C@H](N(C)C(=O)OC(C)(C)C)C1. The quantitative estimate of drug-likeness (QED) is 0.839. The van der Waals surface area contributed by atoms with Gasteiger partial charge in [0.05, 0.1) is 6.04 Å². The van der Waals surface area contributed by atoms with Crippen molar-refractivity contribution in [3.05, 3.63) is 28.8 Å². The average Bonchev–Trinajstić information content (AvgIpc) is 3.05. The van der Waals surface area contributed by atoms with Crippen molar-refractivity contribution in [1.29, 1.82) is 0 Å². The van der Waals surface area contributed by atoms with Gasteiger partial charge in [-0.3, -0.25) is 9.69 Å². The topological polar surface area (TPSA) is 61.9 Å². The van der Waals surface area contributed by atoms with Gasteiger partial charge in [0.1, 0.15) is 5.60 Å². The minimum Gasteiger partial charge on any atom is -0.444 e. The number of hydrogen-bond acceptors (Lipinski definition) is 4. The first-order valence-corrected chi connectivity index (χ1v) is 9.62. The van der Waals surface area contributed by atoms with Gasteiger partial charge in [0.2, 0.25) is 5.91 Å². The molecule has 0 unspecified atom stereocenters. The summed E-state index contributed by atoms with van der Waals surface area (Å²) in [7, 11) is 1.75. The van der Waals surface area contributed by atoms with Crippen molar-refractivity contribution in [3.8, 4) is 0 Å². The Morgan fingerprint density at radius 1 is 1.37 bits per heavy atom. The average molecular weight is 396 g/mol. The van der Waals surface area contributed by atoms with E-state index < -0.39 is 5.60 Å². The van der Waals surface area contributed by atoms with Crippen molar-refractivity contribution < 1.29 is 14.3 Å². The monoisotopic (exact) mass is 395 g/mol. The Labute approximate surface area is 166 Å². The lowest BCUT2D eigenvalue weighted by atomic mass is 10.2. The molecular weight excluding hydrogens is 366 g/mol. The molecule has 0 aliphatic carbocycles. The summed E-state index contributed by atoms with van der Waals surface area (Å²) < 4.78 is 5.44. The fourth-order valence-electron chi connectivity index (χ4n) is 3.05. The molecule has 2 rings (SSSR count). The van der Waals surface area contributed by atoms with Crippen molar-refractivity contribution in [3.63, 3.8) is 0 Å². The lowest BCUT2D eigenvalue weighted by molar-refractivity contribution is -0.120. The van der Waals surface area contributed by atoms with Crippen molar-refractivity contribution in [2.24, 2.45) is 0 Å². The van der Waals surface area contributed by atoms with Gasteiger partial charge in [-0.25, -0.2) is 4.79 Å². The van der Waals surface area contributed by atoms with Crippen LogP contribution in [0.4, 0.5) is 10.5 Å². The van der Waals surface area contributed by atoms with Crippen LogP contribution in [0.2, 0.25) is 5.02 Å². The first-order chi connectivity index (χ1) is 12.5. The minimum absolute atomic E-state index is 0.0306. The van der Waals surface area contributed by atoms with Crippen LogP contribution in [-0.4, -0.2) is 59.6 Å². The number of likely N-dealkylation sites (N-methyl/N-ethyl adjacent to an activating group) is 1. The predicted octanol–water partition coefficient (Wildman–Crippen LogP) is 3.92. The van der Waals surface area contributed by atoms with E-state index in [1.165, 1.54) is 0 Å². The molecule has 1 fully saturated rings. The standard InChI is InChI=1S/C20H30ClN3O3/c1-13-7-8-15(21)11-17(13)22-18(25)14(2)24-10-9-16(12-24)23(6)19(26)27-20(3,4)5/h7-8,11,14,16H,9-10,12H2,1-6H3,(H,22,25)/t14-,16+/m1/s1. The van der Waals surface area contributed by atoms with E-state index in [1.807, 2.05) is 40.7 Å². The minimum atomic E-state index is -0.522. The number of anilines is 1. The Bertz CT molecular complexity index is 702. The van der Waals surface area contributed by atoms with E-state index in [-0.39, 0.29) is 24.1 Å². The zero-order valence-corrected chi connectivity index (χ0v) is 17.8. The highest BCUT2D eigenvalue weighted by Gasteiger charge is 2.34. The van der Waals surface area contributed by atoms with Gasteiger partial charge in [-0.2, -0.15) is 0 Å². The molecule has 7 heteroatoms. The third-order valence-electron chi connectivity index (χ3n) is 4.81. The van der Waals surface area contributed by atoms with Crippen LogP contribution >= 0.6 is 11.6 Å². The summed E-state index contributed by atoms with van der Waals surface area (Å²) >= 11 is 6.03. The number of carbonyl (C=O) groups is 2. The van der Waals surface area contributed by atoms with Crippen molar-refractivity contribution >= 4 is 29.3 Å². The maximum atomic E-state index is 12.7. The molecule has 2 atom stereocenters. The molecule has 150 valence electrons. The van der Waals surface area contributed by atoms with Gasteiger partial charge in [0.25, 0.3) is 0 Å². The molecule has 1 aromatic carbocycles. The van der Waals surface area contributed by atoms with E-state index in [2.05, 4.69) is 10.2 Å². The summed E-state index contributed by atoms with van der Waals surface area (Å²) in [5, 5.41) is 3.54. The van der Waals surface area contributed by atoms with Gasteiger partial charge in [-0.05, 0) is 58.7 Å². The molecule has 0 bridgehead atoms. The Morgan fingerprint density at radius 2 is 2.04 bits per heavy atom. The maximum Gasteiger partial charge on any atom is 0.410 e. The van der Waals surface area contributed by atoms with E-state index in [1.54, 1.807) is 24.1 Å². The van der Waals surface area contributed by atoms with Crippen LogP contribution in [0.1, 0.15) is 39.7 Å². The molecule has 27 heavy (non-hydrogen) atoms. The van der Waals surface area contributed by atoms with Crippen molar-refractivity contribution in [2.45, 2.75) is 58.7 Å². The number of carbonyl (C=O) groups excluding carboxylic acids is 2. The smallest absolute Gasteiger partial charge is 0.410 e. The summed E-state index contributed by atoms with van der Waals surface area (Å²) in [6, 6.07) is 5.16. The van der Waals surface area contributed by atoms with Gasteiger partial charge in [-0.15, -0.1) is 0 Å². The number of aryl methyl sites for hydroxylation is 1. The number of amides is 2. The summed E-state index contributed by atoms with van der Waals surface area (Å²) in [6.45, 7) is 10.8. The second-order valence-corrected chi connectivity index (χ2v) is 8.59. The van der Waals surface area contributed by atoms with E-state index in [0.717, 1.165) is 24.2 Å². The fourth-order valence-corrected chi connectivity index (χ4v) is 3.22. The molecule has 0 spiro atoms. The van der Waals surface area contributed by atoms with Gasteiger partial charge in [0, 0.05) is 36.9 Å². The Hall–Kier alpha value is -1.79. The highest BCUT2D eigenvalue weighted by atomic mass is 35.5. The zero-order valence-electron chi connectivity index (χ0n) is 17.0. The number of rotatable bonds is 4. The highest BCUT2D eigenvalue weighted by molar-refractivity contribution is 6.31. The number of halogens is 1. The van der Waals surface area contributed by atoms with Gasteiger partial charge < -0.3 is 15.0 Å². The molecule has 0 radical (unpaired) electrons. The third kappa shape index (κ3) is 5.84. The Balaban J connectivity index is 1.94. The number of likely N-dealkylation sites (tertiary alicyclic amines) is 1. The molecule has 6 nitrogen and oxygen atoms in total. The molecule has 0 saturated carbocycles. The largest absolute Gasteiger partial charge is 0.444 e. The molecule has 1 heterocycles. The molecule has 0 aromatic heterocycles. The van der Waals surface area contributed by atoms with E-state index in [4.69, 9.17) is 16.3 Å². The van der Waals surface area contributed by atoms with Gasteiger partial charge >= 0.3 is 6.09 Å². The molecular formula is C20H30ClN3O3. The van der Waals surface area contributed by atoms with Crippen LogP contribution in [0.15, 0.2) is 18.2 Å². The number of nitrogens with one attached hydrogen (secondary N) is 1. The maximum absolute atomic E-state index is 12.7. The lowest BCUT2D eigenvalue weighted by Gasteiger charge is -2.29. The first-order valence-electron chi connectivity index (χ1n) is 9.25. The van der Waals surface area contributed by atoms with Crippen LogP contribution < -0.4 is 5.32 Å². The van der Waals surface area contributed by atoms with Crippen LogP contribution in [0.5, 0.6) is 0 Å². The molecule has 1 N–H and O–H groups in total. The zero-order chi connectivity index (χ0) is 20.4. The highest BCUT2D eigenvalue weighted by Crippen LogP contribution is 2.23. The first kappa shape index (κ1) is 21.5. The summed E-state index contributed by atoms with van der Waals surface area (Å²) in [4.78, 5) is 28.6. The molecule has 2 amide bonds. The van der Waals surface area contributed by atoms with Crippen LogP contribution in [0.25, 0.3) is 0 Å². The second-order valence-electron chi connectivity index (χ2n) is 8.15. The molecule has 1 saturated heterocycles. The Morgan fingerprint density at radius 3 is 2.67 bits per heavy atom. The van der Waals surface area contributed by atoms with Crippen LogP contribution in [0, 0.1) is 6.92 Å². The number of ether oxygens (including phenoxy) is 1. The lowest BCUT2D eigenvalue weighted by Crippen LogP contribution is -2.45. The number of benzene rings is 1. The van der Waals surface area contributed by atoms with Gasteiger partial charge in [0.15, 0.2) is 0 Å². The fraction of sp³-hybridized carbons (Fsp3) is 0.600. The van der Waals surface area contributed by atoms with E-state index in [9.17, 15) is 9.59 Å². The summed E-state index contributed by atoms with van der Waals surface area (Å²) in [5.41, 5.74) is 1.16. The summed E-state index contributed by atoms with van der Waals surface area (Å²) in [5.74, 6) is -0.0825. The van der Waals surface area contributed by atoms with E-state index in [0.29, 0.717) is 11.6 Å². The number of nitrogens with zero attached hydrogens (tertiary/aromatic N) is 2. The normalized spacial score (nSPS) is 18.9.